The van der Waals surface area contributed by atoms with Crippen LogP contribution in [0.3, 0.4) is 0 Å². The Morgan fingerprint density at radius 3 is 2.29 bits per heavy atom. The summed E-state index contributed by atoms with van der Waals surface area (Å²) in [7, 11) is 1.31. The van der Waals surface area contributed by atoms with E-state index in [0.717, 1.165) is 44.7 Å². The normalized spacial score (nSPS) is 18.1. The number of esters is 1. The number of aliphatic hydroxyl groups excluding tert-OH is 2. The number of ether oxygens (including phenoxy) is 3. The number of carbonyl (C=O) groups excluding carboxylic acids is 2. The molecule has 10 heteroatoms. The lowest BCUT2D eigenvalue weighted by molar-refractivity contribution is -0.245. The molecule has 1 saturated heterocycles. The second-order valence-corrected chi connectivity index (χ2v) is 12.7. The van der Waals surface area contributed by atoms with Gasteiger partial charge >= 0.3 is 12.0 Å². The van der Waals surface area contributed by atoms with Crippen LogP contribution in [0, 0.1) is 0 Å². The molecule has 9 nitrogen and oxygen atoms in total. The van der Waals surface area contributed by atoms with Gasteiger partial charge in [0.15, 0.2) is 6.29 Å². The summed E-state index contributed by atoms with van der Waals surface area (Å²) in [5.41, 5.74) is 6.59. The number of thioether (sulfide) groups is 1. The van der Waals surface area contributed by atoms with Crippen LogP contribution in [-0.4, -0.2) is 59.6 Å². The molecule has 4 aromatic carbocycles. The van der Waals surface area contributed by atoms with Crippen molar-refractivity contribution < 1.29 is 34.0 Å². The molecule has 1 aliphatic heterocycles. The van der Waals surface area contributed by atoms with Gasteiger partial charge in [-0.05, 0) is 39.4 Å². The number of carbonyl (C=O) groups is 2. The van der Waals surface area contributed by atoms with Gasteiger partial charge in [0, 0.05) is 36.5 Å². The Bertz CT molecular complexity index is 1600. The lowest BCUT2D eigenvalue weighted by Crippen LogP contribution is -2.47. The molecule has 48 heavy (non-hydrogen) atoms. The summed E-state index contributed by atoms with van der Waals surface area (Å²) in [4.78, 5) is 25.1. The van der Waals surface area contributed by atoms with Gasteiger partial charge in [0.2, 0.25) is 0 Å². The van der Waals surface area contributed by atoms with Gasteiger partial charge in [-0.1, -0.05) is 97.1 Å². The quantitative estimate of drug-likeness (QED) is 0.0995. The van der Waals surface area contributed by atoms with E-state index in [1.165, 1.54) is 7.11 Å². The minimum Gasteiger partial charge on any atom is -0.467 e. The van der Waals surface area contributed by atoms with Crippen LogP contribution in [0.15, 0.2) is 103 Å². The summed E-state index contributed by atoms with van der Waals surface area (Å²) < 4.78 is 17.7. The van der Waals surface area contributed by atoms with Gasteiger partial charge in [0.1, 0.15) is 6.04 Å². The summed E-state index contributed by atoms with van der Waals surface area (Å²) >= 11 is 1.66. The third-order valence-electron chi connectivity index (χ3n) is 8.12. The highest BCUT2D eigenvalue weighted by atomic mass is 32.2. The van der Waals surface area contributed by atoms with Crippen molar-refractivity contribution in [3.63, 3.8) is 0 Å². The fraction of sp³-hybridized carbons (Fsp3) is 0.316. The molecule has 252 valence electrons. The standard InChI is InChI=1S/C38H42N2O7S/c1-45-36(43)34(21-26-6-3-2-4-7-26)40-38(44)39-23-28-8-5-9-32(20-28)29-14-16-31(17-15-29)37-46-33(25-48-19-18-41)22-35(47-37)30-12-10-27(24-42)11-13-30/h2-17,20,33-35,37,41-42H,18-19,21-25H2,1H3,(H2,39,40,44). The van der Waals surface area contributed by atoms with Gasteiger partial charge in [0.25, 0.3) is 0 Å². The zero-order chi connectivity index (χ0) is 33.7. The number of hydrogen-bond acceptors (Lipinski definition) is 8. The molecular formula is C38H42N2O7S. The predicted octanol–water partition coefficient (Wildman–Crippen LogP) is 5.70. The zero-order valence-electron chi connectivity index (χ0n) is 26.9. The first kappa shape index (κ1) is 35.1. The molecular weight excluding hydrogens is 628 g/mol. The maximum atomic E-state index is 12.7. The monoisotopic (exact) mass is 670 g/mol. The van der Waals surface area contributed by atoms with Crippen molar-refractivity contribution in [3.8, 4) is 11.1 Å². The molecule has 1 fully saturated rings. The molecule has 2 amide bonds. The van der Waals surface area contributed by atoms with E-state index in [4.69, 9.17) is 14.2 Å². The van der Waals surface area contributed by atoms with Gasteiger partial charge in [-0.25, -0.2) is 9.59 Å². The Labute approximate surface area is 285 Å². The van der Waals surface area contributed by atoms with E-state index in [9.17, 15) is 19.8 Å². The molecule has 5 rings (SSSR count). The van der Waals surface area contributed by atoms with E-state index in [2.05, 4.69) is 10.6 Å². The van der Waals surface area contributed by atoms with Crippen LogP contribution >= 0.6 is 11.8 Å². The van der Waals surface area contributed by atoms with Gasteiger partial charge in [-0.2, -0.15) is 11.8 Å². The highest BCUT2D eigenvalue weighted by molar-refractivity contribution is 7.99. The Kier molecular flexibility index (Phi) is 13.0. The molecule has 4 N–H and O–H groups in total. The van der Waals surface area contributed by atoms with Crippen molar-refractivity contribution in [1.29, 1.82) is 0 Å². The number of aliphatic hydroxyl groups is 2. The van der Waals surface area contributed by atoms with E-state index in [0.29, 0.717) is 18.6 Å². The second kappa shape index (κ2) is 17.8. The lowest BCUT2D eigenvalue weighted by atomic mass is 9.99. The molecule has 1 heterocycles. The minimum atomic E-state index is -0.809. The second-order valence-electron chi connectivity index (χ2n) is 11.6. The van der Waals surface area contributed by atoms with E-state index in [-0.39, 0.29) is 32.0 Å². The molecule has 0 saturated carbocycles. The molecule has 4 aromatic rings. The molecule has 4 atom stereocenters. The number of amides is 2. The van der Waals surface area contributed by atoms with Crippen LogP contribution in [0.5, 0.6) is 0 Å². The summed E-state index contributed by atoms with van der Waals surface area (Å²) in [5.74, 6) is 0.892. The number of rotatable bonds is 14. The van der Waals surface area contributed by atoms with Crippen molar-refractivity contribution in [2.24, 2.45) is 0 Å². The Morgan fingerprint density at radius 2 is 1.58 bits per heavy atom. The average Bonchev–Trinajstić information content (AvgIpc) is 3.14. The average molecular weight is 671 g/mol. The zero-order valence-corrected chi connectivity index (χ0v) is 27.7. The first-order valence-electron chi connectivity index (χ1n) is 16.0. The van der Waals surface area contributed by atoms with E-state index >= 15 is 0 Å². The number of urea groups is 1. The molecule has 0 radical (unpaired) electrons. The summed E-state index contributed by atoms with van der Waals surface area (Å²) in [6, 6.07) is 32.0. The summed E-state index contributed by atoms with van der Waals surface area (Å²) in [6.45, 7) is 0.392. The van der Waals surface area contributed by atoms with Gasteiger partial charge in [-0.3, -0.25) is 0 Å². The maximum Gasteiger partial charge on any atom is 0.328 e. The Hall–Kier alpha value is -4.19. The summed E-state index contributed by atoms with van der Waals surface area (Å²) in [5, 5.41) is 24.3. The van der Waals surface area contributed by atoms with Crippen molar-refractivity contribution in [1.82, 2.24) is 10.6 Å². The van der Waals surface area contributed by atoms with Crippen molar-refractivity contribution in [3.05, 3.63) is 131 Å². The third-order valence-corrected chi connectivity index (χ3v) is 9.20. The van der Waals surface area contributed by atoms with Crippen LogP contribution in [0.4, 0.5) is 4.79 Å². The molecule has 0 aliphatic carbocycles. The first-order valence-corrected chi connectivity index (χ1v) is 17.2. The van der Waals surface area contributed by atoms with Crippen LogP contribution in [0.2, 0.25) is 0 Å². The van der Waals surface area contributed by atoms with Crippen molar-refractivity contribution in [2.45, 2.75) is 50.5 Å². The molecule has 1 aliphatic rings. The topological polar surface area (TPSA) is 126 Å². The van der Waals surface area contributed by atoms with Crippen molar-refractivity contribution in [2.75, 3.05) is 25.2 Å². The fourth-order valence-electron chi connectivity index (χ4n) is 5.57. The highest BCUT2D eigenvalue weighted by Gasteiger charge is 2.32. The SMILES string of the molecule is COC(=O)C(Cc1ccccc1)NC(=O)NCc1cccc(-c2ccc(C3OC(CSCCO)CC(c4ccc(CO)cc4)O3)cc2)c1. The van der Waals surface area contributed by atoms with Crippen LogP contribution in [-0.2, 0) is 38.6 Å². The van der Waals surface area contributed by atoms with Gasteiger partial charge in [-0.15, -0.1) is 0 Å². The lowest BCUT2D eigenvalue weighted by Gasteiger charge is -2.36. The molecule has 0 aromatic heterocycles. The first-order chi connectivity index (χ1) is 23.4. The molecule has 0 bridgehead atoms. The number of nitrogens with one attached hydrogen (secondary N) is 2. The number of methoxy groups -OCH3 is 1. The number of hydrogen-bond donors (Lipinski definition) is 4. The van der Waals surface area contributed by atoms with Crippen LogP contribution < -0.4 is 10.6 Å². The largest absolute Gasteiger partial charge is 0.467 e. The van der Waals surface area contributed by atoms with E-state index < -0.39 is 24.3 Å². The van der Waals surface area contributed by atoms with E-state index in [1.54, 1.807) is 11.8 Å². The van der Waals surface area contributed by atoms with E-state index in [1.807, 2.05) is 103 Å². The summed E-state index contributed by atoms with van der Waals surface area (Å²) in [6.07, 6.45) is 0.245. The van der Waals surface area contributed by atoms with Crippen molar-refractivity contribution >= 4 is 23.8 Å². The smallest absolute Gasteiger partial charge is 0.328 e. The minimum absolute atomic E-state index is 0.00821. The Morgan fingerprint density at radius 1 is 0.854 bits per heavy atom. The number of benzene rings is 4. The molecule has 0 spiro atoms. The van der Waals surface area contributed by atoms with Crippen LogP contribution in [0.25, 0.3) is 11.1 Å². The van der Waals surface area contributed by atoms with Gasteiger partial charge in [0.05, 0.1) is 32.5 Å². The van der Waals surface area contributed by atoms with Gasteiger partial charge < -0.3 is 35.1 Å². The maximum absolute atomic E-state index is 12.7. The highest BCUT2D eigenvalue weighted by Crippen LogP contribution is 2.39. The predicted molar refractivity (Wildman–Crippen MR) is 186 cm³/mol. The van der Waals surface area contributed by atoms with Crippen LogP contribution in [0.1, 0.15) is 46.6 Å². The Balaban J connectivity index is 1.22. The third kappa shape index (κ3) is 9.91. The fourth-order valence-corrected chi connectivity index (χ4v) is 6.35. The molecule has 4 unspecified atom stereocenters.